The lowest BCUT2D eigenvalue weighted by Gasteiger charge is -2.22. The Morgan fingerprint density at radius 2 is 1.71 bits per heavy atom. The number of halogens is 5. The molecule has 0 saturated heterocycles. The van der Waals surface area contributed by atoms with Crippen molar-refractivity contribution in [3.05, 3.63) is 69.9 Å². The molecule has 1 N–H and O–H groups in total. The largest absolute Gasteiger partial charge is 0.407 e. The van der Waals surface area contributed by atoms with Crippen LogP contribution >= 0.6 is 15.9 Å². The molecule has 0 aliphatic carbocycles. The standard InChI is InChI=1S/C15H12BrF4N/c16-13-7-6-12(17)8-11(13)9-21-14(15(18,19)20)10-4-2-1-3-5-10/h1-8,14,21H,9H2. The highest BCUT2D eigenvalue weighted by molar-refractivity contribution is 9.10. The molecule has 0 fully saturated rings. The van der Waals surface area contributed by atoms with Gasteiger partial charge >= 0.3 is 6.18 Å². The summed E-state index contributed by atoms with van der Waals surface area (Å²) < 4.78 is 53.1. The maximum atomic E-state index is 13.2. The van der Waals surface area contributed by atoms with E-state index in [2.05, 4.69) is 21.2 Å². The van der Waals surface area contributed by atoms with Gasteiger partial charge in [-0.1, -0.05) is 46.3 Å². The maximum absolute atomic E-state index is 13.2. The highest BCUT2D eigenvalue weighted by Crippen LogP contribution is 2.33. The summed E-state index contributed by atoms with van der Waals surface area (Å²) in [5.74, 6) is -0.488. The zero-order chi connectivity index (χ0) is 15.5. The molecule has 0 bridgehead atoms. The monoisotopic (exact) mass is 361 g/mol. The summed E-state index contributed by atoms with van der Waals surface area (Å²) in [4.78, 5) is 0. The van der Waals surface area contributed by atoms with Crippen LogP contribution in [0.4, 0.5) is 17.6 Å². The van der Waals surface area contributed by atoms with E-state index in [1.165, 1.54) is 30.3 Å². The van der Waals surface area contributed by atoms with Gasteiger partial charge in [-0.3, -0.25) is 5.32 Å². The van der Waals surface area contributed by atoms with Gasteiger partial charge in [0.1, 0.15) is 11.9 Å². The van der Waals surface area contributed by atoms with Gasteiger partial charge < -0.3 is 0 Å². The average Bonchev–Trinajstić information content (AvgIpc) is 2.42. The zero-order valence-corrected chi connectivity index (χ0v) is 12.4. The molecule has 0 amide bonds. The SMILES string of the molecule is Fc1ccc(Br)c(CNC(c2ccccc2)C(F)(F)F)c1. The van der Waals surface area contributed by atoms with Crippen LogP contribution in [0.3, 0.4) is 0 Å². The average molecular weight is 362 g/mol. The number of nitrogens with one attached hydrogen (secondary N) is 1. The Morgan fingerprint density at radius 3 is 2.33 bits per heavy atom. The Labute approximate surface area is 128 Å². The summed E-state index contributed by atoms with van der Waals surface area (Å²) >= 11 is 3.20. The van der Waals surface area contributed by atoms with Gasteiger partial charge in [-0.15, -0.1) is 0 Å². The molecule has 6 heteroatoms. The van der Waals surface area contributed by atoms with Gasteiger partial charge in [0.2, 0.25) is 0 Å². The number of hydrogen-bond donors (Lipinski definition) is 1. The van der Waals surface area contributed by atoms with Crippen molar-refractivity contribution in [2.45, 2.75) is 18.8 Å². The molecule has 2 aromatic carbocycles. The smallest absolute Gasteiger partial charge is 0.298 e. The van der Waals surface area contributed by atoms with Crippen molar-refractivity contribution in [1.29, 1.82) is 0 Å². The molecule has 0 saturated carbocycles. The van der Waals surface area contributed by atoms with Gasteiger partial charge in [-0.2, -0.15) is 13.2 Å². The van der Waals surface area contributed by atoms with Crippen LogP contribution in [-0.2, 0) is 6.54 Å². The Bertz CT molecular complexity index is 598. The normalized spacial score (nSPS) is 13.2. The van der Waals surface area contributed by atoms with Crippen molar-refractivity contribution < 1.29 is 17.6 Å². The first-order chi connectivity index (χ1) is 9.88. The van der Waals surface area contributed by atoms with E-state index >= 15 is 0 Å². The summed E-state index contributed by atoms with van der Waals surface area (Å²) in [6.07, 6.45) is -4.43. The Kier molecular flexibility index (Phi) is 5.00. The number of alkyl halides is 3. The van der Waals surface area contributed by atoms with E-state index in [4.69, 9.17) is 0 Å². The molecule has 0 heterocycles. The fourth-order valence-electron chi connectivity index (χ4n) is 1.96. The summed E-state index contributed by atoms with van der Waals surface area (Å²) in [6, 6.07) is 9.69. The molecule has 21 heavy (non-hydrogen) atoms. The van der Waals surface area contributed by atoms with Crippen LogP contribution in [-0.4, -0.2) is 6.18 Å². The topological polar surface area (TPSA) is 12.0 Å². The van der Waals surface area contributed by atoms with Gasteiger partial charge in [0.25, 0.3) is 0 Å². The molecule has 2 rings (SSSR count). The third-order valence-corrected chi connectivity index (χ3v) is 3.74. The molecule has 1 atom stereocenters. The maximum Gasteiger partial charge on any atom is 0.407 e. The Morgan fingerprint density at radius 1 is 1.05 bits per heavy atom. The molecule has 1 unspecified atom stereocenters. The second kappa shape index (κ2) is 6.58. The minimum Gasteiger partial charge on any atom is -0.298 e. The van der Waals surface area contributed by atoms with Crippen LogP contribution in [0.2, 0.25) is 0 Å². The lowest BCUT2D eigenvalue weighted by atomic mass is 10.1. The van der Waals surface area contributed by atoms with Gasteiger partial charge in [0.05, 0.1) is 0 Å². The summed E-state index contributed by atoms with van der Waals surface area (Å²) in [5.41, 5.74) is 0.553. The first-order valence-electron chi connectivity index (χ1n) is 6.17. The van der Waals surface area contributed by atoms with Crippen LogP contribution in [0, 0.1) is 5.82 Å². The van der Waals surface area contributed by atoms with Crippen molar-refractivity contribution in [2.24, 2.45) is 0 Å². The third-order valence-electron chi connectivity index (χ3n) is 2.96. The number of hydrogen-bond acceptors (Lipinski definition) is 1. The molecule has 0 aliphatic heterocycles. The molecule has 0 spiro atoms. The first kappa shape index (κ1) is 16.0. The van der Waals surface area contributed by atoms with Crippen LogP contribution < -0.4 is 5.32 Å². The lowest BCUT2D eigenvalue weighted by molar-refractivity contribution is -0.158. The van der Waals surface area contributed by atoms with Gasteiger partial charge in [0, 0.05) is 11.0 Å². The van der Waals surface area contributed by atoms with Gasteiger partial charge in [-0.25, -0.2) is 4.39 Å². The first-order valence-corrected chi connectivity index (χ1v) is 6.96. The lowest BCUT2D eigenvalue weighted by Crippen LogP contribution is -2.33. The molecule has 0 radical (unpaired) electrons. The summed E-state index contributed by atoms with van der Waals surface area (Å²) in [7, 11) is 0. The fraction of sp³-hybridized carbons (Fsp3) is 0.200. The summed E-state index contributed by atoms with van der Waals surface area (Å²) in [6.45, 7) is -0.0998. The minimum absolute atomic E-state index is 0.0998. The Hall–Kier alpha value is -1.40. The van der Waals surface area contributed by atoms with E-state index in [1.54, 1.807) is 18.2 Å². The molecule has 2 aromatic rings. The van der Waals surface area contributed by atoms with E-state index in [0.717, 1.165) is 0 Å². The second-order valence-electron chi connectivity index (χ2n) is 4.50. The van der Waals surface area contributed by atoms with E-state index in [0.29, 0.717) is 10.0 Å². The summed E-state index contributed by atoms with van der Waals surface area (Å²) in [5, 5.41) is 2.44. The van der Waals surface area contributed by atoms with Crippen LogP contribution in [0.25, 0.3) is 0 Å². The number of rotatable bonds is 4. The van der Waals surface area contributed by atoms with E-state index < -0.39 is 18.0 Å². The number of benzene rings is 2. The van der Waals surface area contributed by atoms with Crippen molar-refractivity contribution in [1.82, 2.24) is 5.32 Å². The molecule has 112 valence electrons. The van der Waals surface area contributed by atoms with Crippen LogP contribution in [0.1, 0.15) is 17.2 Å². The van der Waals surface area contributed by atoms with Crippen molar-refractivity contribution in [2.75, 3.05) is 0 Å². The third kappa shape index (κ3) is 4.28. The highest BCUT2D eigenvalue weighted by atomic mass is 79.9. The quantitative estimate of drug-likeness (QED) is 0.757. The zero-order valence-electron chi connectivity index (χ0n) is 10.8. The van der Waals surface area contributed by atoms with Gasteiger partial charge in [-0.05, 0) is 29.3 Å². The Balaban J connectivity index is 2.19. The van der Waals surface area contributed by atoms with Crippen molar-refractivity contribution in [3.63, 3.8) is 0 Å². The molecule has 0 aliphatic rings. The van der Waals surface area contributed by atoms with Crippen molar-refractivity contribution >= 4 is 15.9 Å². The second-order valence-corrected chi connectivity index (χ2v) is 5.36. The predicted octanol–water partition coefficient (Wildman–Crippen LogP) is 4.98. The van der Waals surface area contributed by atoms with E-state index in [1.807, 2.05) is 0 Å². The fourth-order valence-corrected chi connectivity index (χ4v) is 2.35. The molecule has 1 nitrogen and oxygen atoms in total. The molecular formula is C15H12BrF4N. The van der Waals surface area contributed by atoms with Gasteiger partial charge in [0.15, 0.2) is 0 Å². The van der Waals surface area contributed by atoms with E-state index in [9.17, 15) is 17.6 Å². The minimum atomic E-state index is -4.43. The molecular weight excluding hydrogens is 350 g/mol. The van der Waals surface area contributed by atoms with Crippen LogP contribution in [0.5, 0.6) is 0 Å². The van der Waals surface area contributed by atoms with E-state index in [-0.39, 0.29) is 12.1 Å². The van der Waals surface area contributed by atoms with Crippen molar-refractivity contribution in [3.8, 4) is 0 Å². The predicted molar refractivity (Wildman–Crippen MR) is 76.2 cm³/mol. The van der Waals surface area contributed by atoms with Crippen LogP contribution in [0.15, 0.2) is 53.0 Å². The molecule has 0 aromatic heterocycles. The highest BCUT2D eigenvalue weighted by Gasteiger charge is 2.40.